The Morgan fingerprint density at radius 1 is 1.03 bits per heavy atom. The van der Waals surface area contributed by atoms with E-state index in [4.69, 9.17) is 16.3 Å². The monoisotopic (exact) mass is 492 g/mol. The highest BCUT2D eigenvalue weighted by molar-refractivity contribution is 7.92. The van der Waals surface area contributed by atoms with Crippen molar-refractivity contribution in [2.75, 3.05) is 10.8 Å². The number of anilines is 1. The van der Waals surface area contributed by atoms with Crippen LogP contribution in [0.5, 0.6) is 0 Å². The summed E-state index contributed by atoms with van der Waals surface area (Å²) in [6.07, 6.45) is 3.03. The van der Waals surface area contributed by atoms with Gasteiger partial charge in [0.1, 0.15) is 0 Å². The van der Waals surface area contributed by atoms with Crippen LogP contribution in [0.4, 0.5) is 5.69 Å². The van der Waals surface area contributed by atoms with E-state index in [1.54, 1.807) is 72.8 Å². The molecule has 0 amide bonds. The molecule has 1 aliphatic heterocycles. The molecule has 0 aliphatic carbocycles. The van der Waals surface area contributed by atoms with Crippen LogP contribution >= 0.6 is 11.6 Å². The van der Waals surface area contributed by atoms with Crippen molar-refractivity contribution in [3.63, 3.8) is 0 Å². The molecule has 0 unspecified atom stereocenters. The maximum Gasteiger partial charge on any atom is 0.363 e. The fourth-order valence-electron chi connectivity index (χ4n) is 3.42. The van der Waals surface area contributed by atoms with Gasteiger partial charge in [0.25, 0.3) is 10.0 Å². The van der Waals surface area contributed by atoms with Gasteiger partial charge in [-0.2, -0.15) is 0 Å². The molecule has 34 heavy (non-hydrogen) atoms. The van der Waals surface area contributed by atoms with Gasteiger partial charge in [-0.05, 0) is 48.9 Å². The average Bonchev–Trinajstić information content (AvgIpc) is 3.19. The lowest BCUT2D eigenvalue weighted by molar-refractivity contribution is -0.129. The van der Waals surface area contributed by atoms with Crippen molar-refractivity contribution in [3.8, 4) is 0 Å². The van der Waals surface area contributed by atoms with Gasteiger partial charge in [-0.3, -0.25) is 4.31 Å². The molecule has 0 radical (unpaired) electrons. The number of benzene rings is 3. The summed E-state index contributed by atoms with van der Waals surface area (Å²) in [7, 11) is -3.93. The topological polar surface area (TPSA) is 76.0 Å². The largest absolute Gasteiger partial charge is 0.402 e. The Kier molecular flexibility index (Phi) is 6.68. The highest BCUT2D eigenvalue weighted by Crippen LogP contribution is 2.31. The molecule has 0 aromatic heterocycles. The number of para-hydroxylation sites is 1. The van der Waals surface area contributed by atoms with E-state index in [1.807, 2.05) is 6.92 Å². The highest BCUT2D eigenvalue weighted by atomic mass is 35.5. The van der Waals surface area contributed by atoms with Crippen molar-refractivity contribution in [3.05, 3.63) is 113 Å². The third kappa shape index (κ3) is 4.66. The first-order valence-corrected chi connectivity index (χ1v) is 12.2. The van der Waals surface area contributed by atoms with Gasteiger partial charge in [0.2, 0.25) is 5.90 Å². The molecule has 0 N–H and O–H groups in total. The maximum atomic E-state index is 13.5. The first kappa shape index (κ1) is 23.5. The van der Waals surface area contributed by atoms with Crippen molar-refractivity contribution in [1.82, 2.24) is 0 Å². The summed E-state index contributed by atoms with van der Waals surface area (Å²) in [6.45, 7) is 5.60. The number of carbonyl (C=O) groups is 1. The van der Waals surface area contributed by atoms with E-state index in [-0.39, 0.29) is 23.0 Å². The number of ether oxygens (including phenoxy) is 1. The number of hydrogen-bond acceptors (Lipinski definition) is 5. The fraction of sp³-hybridized carbons (Fsp3) is 0.0769. The number of cyclic esters (lactones) is 1. The van der Waals surface area contributed by atoms with Gasteiger partial charge in [-0.15, -0.1) is 6.58 Å². The standard InChI is InChI=1S/C26H21ClN2O4S/c1-3-16-29(34(31,32)20-14-12-18(2)13-15-20)24-11-7-5-9-21(24)25-28-23(26(30)33-25)17-19-8-4-6-10-22(19)27/h3-15,17H,1,16H2,2H3. The van der Waals surface area contributed by atoms with E-state index >= 15 is 0 Å². The van der Waals surface area contributed by atoms with Gasteiger partial charge in [0, 0.05) is 5.02 Å². The number of rotatable bonds is 7. The zero-order valence-electron chi connectivity index (χ0n) is 18.3. The molecule has 0 bridgehead atoms. The van der Waals surface area contributed by atoms with E-state index in [1.165, 1.54) is 16.5 Å². The smallest absolute Gasteiger partial charge is 0.363 e. The molecule has 6 nitrogen and oxygen atoms in total. The van der Waals surface area contributed by atoms with Crippen LogP contribution in [-0.2, 0) is 19.6 Å². The number of sulfonamides is 1. The Balaban J connectivity index is 1.79. The molecule has 1 heterocycles. The van der Waals surface area contributed by atoms with Crippen molar-refractivity contribution in [2.24, 2.45) is 4.99 Å². The van der Waals surface area contributed by atoms with Crippen LogP contribution in [0.3, 0.4) is 0 Å². The maximum absolute atomic E-state index is 13.5. The van der Waals surface area contributed by atoms with Crippen LogP contribution < -0.4 is 4.31 Å². The number of esters is 1. The second-order valence-electron chi connectivity index (χ2n) is 7.51. The minimum Gasteiger partial charge on any atom is -0.402 e. The van der Waals surface area contributed by atoms with E-state index in [9.17, 15) is 13.2 Å². The average molecular weight is 493 g/mol. The van der Waals surface area contributed by atoms with Crippen LogP contribution in [-0.4, -0.2) is 26.8 Å². The number of aryl methyl sites for hydroxylation is 1. The van der Waals surface area contributed by atoms with Crippen molar-refractivity contribution in [2.45, 2.75) is 11.8 Å². The highest BCUT2D eigenvalue weighted by Gasteiger charge is 2.31. The van der Waals surface area contributed by atoms with Crippen molar-refractivity contribution >= 4 is 45.3 Å². The predicted octanol–water partition coefficient (Wildman–Crippen LogP) is 5.37. The summed E-state index contributed by atoms with van der Waals surface area (Å²) >= 11 is 6.20. The zero-order valence-corrected chi connectivity index (χ0v) is 19.9. The Hall–Kier alpha value is -3.68. The van der Waals surface area contributed by atoms with Crippen LogP contribution in [0.1, 0.15) is 16.7 Å². The van der Waals surface area contributed by atoms with E-state index in [0.717, 1.165) is 5.56 Å². The number of nitrogens with zero attached hydrogens (tertiary/aromatic N) is 2. The Bertz CT molecular complexity index is 1430. The molecule has 0 atom stereocenters. The lowest BCUT2D eigenvalue weighted by atomic mass is 10.1. The number of carbonyl (C=O) groups excluding carboxylic acids is 1. The molecule has 1 aliphatic rings. The second kappa shape index (κ2) is 9.67. The Morgan fingerprint density at radius 3 is 2.41 bits per heavy atom. The van der Waals surface area contributed by atoms with Crippen LogP contribution in [0, 0.1) is 6.92 Å². The summed E-state index contributed by atoms with van der Waals surface area (Å²) < 4.78 is 33.7. The first-order chi connectivity index (χ1) is 16.3. The molecule has 3 aromatic carbocycles. The molecule has 4 rings (SSSR count). The van der Waals surface area contributed by atoms with Gasteiger partial charge in [-0.25, -0.2) is 18.2 Å². The van der Waals surface area contributed by atoms with E-state index < -0.39 is 16.0 Å². The lowest BCUT2D eigenvalue weighted by Gasteiger charge is -2.25. The number of hydrogen-bond donors (Lipinski definition) is 0. The predicted molar refractivity (Wildman–Crippen MR) is 134 cm³/mol. The van der Waals surface area contributed by atoms with Crippen LogP contribution in [0.2, 0.25) is 5.02 Å². The van der Waals surface area contributed by atoms with Crippen molar-refractivity contribution < 1.29 is 17.9 Å². The van der Waals surface area contributed by atoms with Crippen molar-refractivity contribution in [1.29, 1.82) is 0 Å². The first-order valence-electron chi connectivity index (χ1n) is 10.4. The molecule has 0 fully saturated rings. The molecule has 0 spiro atoms. The molecule has 3 aromatic rings. The summed E-state index contributed by atoms with van der Waals surface area (Å²) in [5.74, 6) is -0.645. The number of aliphatic imine (C=N–C) groups is 1. The molecule has 8 heteroatoms. The molecule has 0 saturated carbocycles. The molecular weight excluding hydrogens is 472 g/mol. The second-order valence-corrected chi connectivity index (χ2v) is 9.78. The zero-order chi connectivity index (χ0) is 24.3. The normalized spacial score (nSPS) is 14.6. The Morgan fingerprint density at radius 2 is 1.71 bits per heavy atom. The Labute approximate surface area is 203 Å². The third-order valence-corrected chi connectivity index (χ3v) is 7.26. The SMILES string of the molecule is C=CCN(c1ccccc1C1=NC(=Cc2ccccc2Cl)C(=O)O1)S(=O)(=O)c1ccc(C)cc1. The van der Waals surface area contributed by atoms with Gasteiger partial charge >= 0.3 is 5.97 Å². The minimum atomic E-state index is -3.93. The summed E-state index contributed by atoms with van der Waals surface area (Å²) in [4.78, 5) is 17.0. The van der Waals surface area contributed by atoms with Gasteiger partial charge in [0.05, 0.1) is 22.7 Å². The van der Waals surface area contributed by atoms with E-state index in [2.05, 4.69) is 11.6 Å². The lowest BCUT2D eigenvalue weighted by Crippen LogP contribution is -2.32. The van der Waals surface area contributed by atoms with E-state index in [0.29, 0.717) is 21.8 Å². The summed E-state index contributed by atoms with van der Waals surface area (Å²) in [6, 6.07) is 20.3. The van der Waals surface area contributed by atoms with Gasteiger partial charge < -0.3 is 4.74 Å². The van der Waals surface area contributed by atoms with Crippen LogP contribution in [0.25, 0.3) is 6.08 Å². The quantitative estimate of drug-likeness (QED) is 0.252. The number of halogens is 1. The summed E-state index contributed by atoms with van der Waals surface area (Å²) in [5, 5.41) is 0.466. The van der Waals surface area contributed by atoms with Gasteiger partial charge in [-0.1, -0.05) is 65.7 Å². The molecule has 0 saturated heterocycles. The molecule has 172 valence electrons. The molecular formula is C26H21ClN2O4S. The van der Waals surface area contributed by atoms with Gasteiger partial charge in [0.15, 0.2) is 5.70 Å². The van der Waals surface area contributed by atoms with Crippen LogP contribution in [0.15, 0.2) is 101 Å². The fourth-order valence-corrected chi connectivity index (χ4v) is 5.06. The third-order valence-electron chi connectivity index (χ3n) is 5.13. The summed E-state index contributed by atoms with van der Waals surface area (Å²) in [5.41, 5.74) is 2.29. The minimum absolute atomic E-state index is 0.00655.